The maximum Gasteiger partial charge on any atom is 0.331 e. The molecule has 0 aliphatic heterocycles. The highest BCUT2D eigenvalue weighted by molar-refractivity contribution is 8.02. The number of carboxylic acids is 1. The van der Waals surface area contributed by atoms with Crippen LogP contribution in [0, 0.1) is 0 Å². The number of rotatable bonds is 8. The molecular formula is C23H21ClN2O2S. The molecule has 0 atom stereocenters. The highest BCUT2D eigenvalue weighted by Crippen LogP contribution is 2.25. The van der Waals surface area contributed by atoms with Crippen LogP contribution in [-0.4, -0.2) is 20.6 Å². The van der Waals surface area contributed by atoms with Gasteiger partial charge in [-0.3, -0.25) is 0 Å². The van der Waals surface area contributed by atoms with E-state index in [2.05, 4.69) is 4.98 Å². The Labute approximate surface area is 179 Å². The third-order valence-corrected chi connectivity index (χ3v) is 5.59. The van der Waals surface area contributed by atoms with Gasteiger partial charge in [0, 0.05) is 17.0 Å². The Morgan fingerprint density at radius 3 is 2.59 bits per heavy atom. The molecule has 1 N–H and O–H groups in total. The fraction of sp³-hybridized carbons (Fsp3) is 0.130. The fourth-order valence-corrected chi connectivity index (χ4v) is 3.71. The van der Waals surface area contributed by atoms with E-state index >= 15 is 0 Å². The van der Waals surface area contributed by atoms with Crippen LogP contribution in [0.1, 0.15) is 23.7 Å². The second-order valence-corrected chi connectivity index (χ2v) is 7.65. The molecule has 4 nitrogen and oxygen atoms in total. The van der Waals surface area contributed by atoms with Crippen LogP contribution in [0.25, 0.3) is 6.08 Å². The number of aromatic nitrogens is 2. The quantitative estimate of drug-likeness (QED) is 0.360. The van der Waals surface area contributed by atoms with E-state index in [0.717, 1.165) is 22.0 Å². The molecule has 6 heteroatoms. The van der Waals surface area contributed by atoms with Gasteiger partial charge in [-0.25, -0.2) is 9.78 Å². The zero-order chi connectivity index (χ0) is 20.6. The predicted octanol–water partition coefficient (Wildman–Crippen LogP) is 5.92. The standard InChI is InChI=1S/C23H21ClN2O2S/c1-2-12-29-23-25-15-20(26(23)16-18-10-6-7-11-21(18)24)14-19(22(27)28)13-17-8-4-3-5-9-17/h2-12,14-15H,13,16H2,1H3,(H,27,28)/b12-2?,19-14+. The third-order valence-electron chi connectivity index (χ3n) is 4.28. The summed E-state index contributed by atoms with van der Waals surface area (Å²) in [7, 11) is 0. The van der Waals surface area contributed by atoms with Crippen molar-refractivity contribution in [1.82, 2.24) is 9.55 Å². The number of hydrogen-bond donors (Lipinski definition) is 1. The van der Waals surface area contributed by atoms with Crippen LogP contribution >= 0.6 is 23.4 Å². The summed E-state index contributed by atoms with van der Waals surface area (Å²) in [6.45, 7) is 2.45. The molecule has 0 saturated carbocycles. The first-order valence-electron chi connectivity index (χ1n) is 9.13. The van der Waals surface area contributed by atoms with Crippen molar-refractivity contribution >= 4 is 35.4 Å². The summed E-state index contributed by atoms with van der Waals surface area (Å²) in [4.78, 5) is 16.4. The molecule has 29 heavy (non-hydrogen) atoms. The van der Waals surface area contributed by atoms with Crippen molar-refractivity contribution in [3.05, 3.63) is 99.7 Å². The number of imidazole rings is 1. The van der Waals surface area contributed by atoms with Gasteiger partial charge in [0.25, 0.3) is 0 Å². The van der Waals surface area contributed by atoms with E-state index in [4.69, 9.17) is 11.6 Å². The van der Waals surface area contributed by atoms with Gasteiger partial charge in [-0.1, -0.05) is 78.0 Å². The molecule has 0 radical (unpaired) electrons. The van der Waals surface area contributed by atoms with Gasteiger partial charge in [-0.05, 0) is 35.6 Å². The van der Waals surface area contributed by atoms with Gasteiger partial charge in [-0.2, -0.15) is 0 Å². The molecule has 0 aliphatic carbocycles. The second kappa shape index (κ2) is 10.1. The number of thioether (sulfide) groups is 1. The van der Waals surface area contributed by atoms with E-state index in [9.17, 15) is 9.90 Å². The molecule has 1 heterocycles. The van der Waals surface area contributed by atoms with Crippen molar-refractivity contribution in [1.29, 1.82) is 0 Å². The Morgan fingerprint density at radius 2 is 1.90 bits per heavy atom. The molecule has 0 aliphatic rings. The highest BCUT2D eigenvalue weighted by Gasteiger charge is 2.14. The first-order chi connectivity index (χ1) is 14.1. The van der Waals surface area contributed by atoms with E-state index in [0.29, 0.717) is 23.6 Å². The number of benzene rings is 2. The summed E-state index contributed by atoms with van der Waals surface area (Å²) in [6, 6.07) is 17.2. The van der Waals surface area contributed by atoms with E-state index < -0.39 is 5.97 Å². The predicted molar refractivity (Wildman–Crippen MR) is 119 cm³/mol. The van der Waals surface area contributed by atoms with Crippen molar-refractivity contribution in [2.75, 3.05) is 0 Å². The minimum absolute atomic E-state index is 0.305. The van der Waals surface area contributed by atoms with Crippen molar-refractivity contribution in [2.24, 2.45) is 0 Å². The number of carboxylic acid groups (broad SMARTS) is 1. The Bertz CT molecular complexity index is 1040. The third kappa shape index (κ3) is 5.62. The number of nitrogens with zero attached hydrogens (tertiary/aromatic N) is 2. The van der Waals surface area contributed by atoms with Crippen molar-refractivity contribution < 1.29 is 9.90 Å². The first kappa shape index (κ1) is 21.0. The van der Waals surface area contributed by atoms with E-state index in [1.807, 2.05) is 77.6 Å². The summed E-state index contributed by atoms with van der Waals surface area (Å²) in [6.07, 6.45) is 5.67. The van der Waals surface area contributed by atoms with E-state index in [1.54, 1.807) is 12.3 Å². The van der Waals surface area contributed by atoms with Crippen LogP contribution in [0.2, 0.25) is 5.02 Å². The Hall–Kier alpha value is -2.76. The average molecular weight is 425 g/mol. The Balaban J connectivity index is 2.00. The molecule has 0 unspecified atom stereocenters. The fourth-order valence-electron chi connectivity index (χ4n) is 2.85. The minimum atomic E-state index is -0.943. The summed E-state index contributed by atoms with van der Waals surface area (Å²) in [5.41, 5.74) is 2.93. The van der Waals surface area contributed by atoms with Gasteiger partial charge < -0.3 is 9.67 Å². The molecule has 0 saturated heterocycles. The normalized spacial score (nSPS) is 11.9. The lowest BCUT2D eigenvalue weighted by Gasteiger charge is -2.11. The van der Waals surface area contributed by atoms with Crippen LogP contribution in [0.15, 0.2) is 83.0 Å². The number of carbonyl (C=O) groups is 1. The molecule has 3 rings (SSSR count). The van der Waals surface area contributed by atoms with Crippen molar-refractivity contribution in [2.45, 2.75) is 25.0 Å². The van der Waals surface area contributed by atoms with Crippen LogP contribution < -0.4 is 0 Å². The lowest BCUT2D eigenvalue weighted by molar-refractivity contribution is -0.132. The van der Waals surface area contributed by atoms with Crippen LogP contribution in [0.3, 0.4) is 0 Å². The molecule has 0 fully saturated rings. The zero-order valence-corrected chi connectivity index (χ0v) is 17.5. The van der Waals surface area contributed by atoms with E-state index in [1.165, 1.54) is 11.8 Å². The molecule has 0 spiro atoms. The largest absolute Gasteiger partial charge is 0.478 e. The number of hydrogen-bond acceptors (Lipinski definition) is 3. The molecule has 0 bridgehead atoms. The Kier molecular flexibility index (Phi) is 7.33. The summed E-state index contributed by atoms with van der Waals surface area (Å²) in [5.74, 6) is -0.943. The lowest BCUT2D eigenvalue weighted by Crippen LogP contribution is -2.07. The zero-order valence-electron chi connectivity index (χ0n) is 16.0. The molecule has 148 valence electrons. The van der Waals surface area contributed by atoms with Crippen LogP contribution in [0.4, 0.5) is 0 Å². The number of allylic oxidation sites excluding steroid dienone is 1. The van der Waals surface area contributed by atoms with Gasteiger partial charge in [0.05, 0.1) is 18.4 Å². The highest BCUT2D eigenvalue weighted by atomic mass is 35.5. The molecular weight excluding hydrogens is 404 g/mol. The van der Waals surface area contributed by atoms with E-state index in [-0.39, 0.29) is 0 Å². The smallest absolute Gasteiger partial charge is 0.331 e. The summed E-state index contributed by atoms with van der Waals surface area (Å²) >= 11 is 7.83. The average Bonchev–Trinajstić information content (AvgIpc) is 3.09. The van der Waals surface area contributed by atoms with Crippen molar-refractivity contribution in [3.8, 4) is 0 Å². The molecule has 1 aromatic heterocycles. The molecule has 0 amide bonds. The lowest BCUT2D eigenvalue weighted by atomic mass is 10.0. The molecule has 3 aromatic rings. The maximum atomic E-state index is 11.9. The van der Waals surface area contributed by atoms with Crippen LogP contribution in [-0.2, 0) is 17.8 Å². The summed E-state index contributed by atoms with van der Waals surface area (Å²) in [5, 5.41) is 13.1. The van der Waals surface area contributed by atoms with Gasteiger partial charge in [0.1, 0.15) is 0 Å². The topological polar surface area (TPSA) is 55.1 Å². The molecule has 2 aromatic carbocycles. The number of halogens is 1. The van der Waals surface area contributed by atoms with Gasteiger partial charge >= 0.3 is 5.97 Å². The van der Waals surface area contributed by atoms with Crippen molar-refractivity contribution in [3.63, 3.8) is 0 Å². The minimum Gasteiger partial charge on any atom is -0.478 e. The monoisotopic (exact) mass is 424 g/mol. The van der Waals surface area contributed by atoms with Gasteiger partial charge in [-0.15, -0.1) is 0 Å². The number of aliphatic carboxylic acids is 1. The summed E-state index contributed by atoms with van der Waals surface area (Å²) < 4.78 is 1.99. The SMILES string of the molecule is CC=CSc1ncc(/C=C(\Cc2ccccc2)C(=O)O)n1Cc1ccccc1Cl. The van der Waals surface area contributed by atoms with Gasteiger partial charge in [0.2, 0.25) is 0 Å². The second-order valence-electron chi connectivity index (χ2n) is 6.37. The van der Waals surface area contributed by atoms with Gasteiger partial charge in [0.15, 0.2) is 5.16 Å². The maximum absolute atomic E-state index is 11.9. The first-order valence-corrected chi connectivity index (χ1v) is 10.4. The van der Waals surface area contributed by atoms with Crippen LogP contribution in [0.5, 0.6) is 0 Å². The Morgan fingerprint density at radius 1 is 1.17 bits per heavy atom.